The Kier molecular flexibility index (Phi) is 5.60. The average Bonchev–Trinajstić information content (AvgIpc) is 2.71. The fourth-order valence-corrected chi connectivity index (χ4v) is 2.28. The van der Waals surface area contributed by atoms with Crippen molar-refractivity contribution in [1.29, 1.82) is 0 Å². The Bertz CT molecular complexity index is 428. The van der Waals surface area contributed by atoms with Crippen LogP contribution in [-0.4, -0.2) is 38.1 Å². The van der Waals surface area contributed by atoms with Gasteiger partial charge in [-0.1, -0.05) is 6.92 Å². The predicted octanol–water partition coefficient (Wildman–Crippen LogP) is 0.813. The molecule has 0 saturated heterocycles. The van der Waals surface area contributed by atoms with Crippen molar-refractivity contribution in [3.8, 4) is 0 Å². The summed E-state index contributed by atoms with van der Waals surface area (Å²) < 4.78 is 31.2. The first-order valence-electron chi connectivity index (χ1n) is 5.65. The fraction of sp³-hybridized carbons (Fsp3) is 0.700. The van der Waals surface area contributed by atoms with Gasteiger partial charge in [-0.2, -0.15) is 0 Å². The van der Waals surface area contributed by atoms with Crippen LogP contribution in [0.2, 0.25) is 0 Å². The number of rotatable bonds is 8. The monoisotopic (exact) mass is 261 g/mol. The van der Waals surface area contributed by atoms with Gasteiger partial charge in [0.1, 0.15) is 5.82 Å². The molecule has 0 aliphatic rings. The van der Waals surface area contributed by atoms with Crippen molar-refractivity contribution >= 4 is 10.0 Å². The van der Waals surface area contributed by atoms with Crippen LogP contribution in [-0.2, 0) is 14.8 Å². The van der Waals surface area contributed by atoms with Crippen LogP contribution < -0.4 is 4.72 Å². The lowest BCUT2D eigenvalue weighted by molar-refractivity contribution is 0.133. The van der Waals surface area contributed by atoms with Crippen LogP contribution in [0.25, 0.3) is 0 Å². The molecule has 0 aliphatic heterocycles. The van der Waals surface area contributed by atoms with Gasteiger partial charge in [0, 0.05) is 19.8 Å². The summed E-state index contributed by atoms with van der Waals surface area (Å²) in [5, 5.41) is 0.101. The molecule has 0 aromatic carbocycles. The standard InChI is InChI=1S/C10H19N3O3S/c1-3-6-16-7-4-5-12-17(14,15)10-8-11-9(2)13-10/h8,12H,3-7H2,1-2H3,(H,11,13). The molecular weight excluding hydrogens is 242 g/mol. The lowest BCUT2D eigenvalue weighted by atomic mass is 10.4. The Hall–Kier alpha value is -0.920. The molecule has 1 heterocycles. The molecule has 6 nitrogen and oxygen atoms in total. The van der Waals surface area contributed by atoms with E-state index in [1.807, 2.05) is 6.92 Å². The Morgan fingerprint density at radius 2 is 2.24 bits per heavy atom. The summed E-state index contributed by atoms with van der Waals surface area (Å²) in [5.74, 6) is 0.580. The van der Waals surface area contributed by atoms with Crippen molar-refractivity contribution in [2.24, 2.45) is 0 Å². The summed E-state index contributed by atoms with van der Waals surface area (Å²) >= 11 is 0. The van der Waals surface area contributed by atoms with E-state index in [1.54, 1.807) is 6.92 Å². The van der Waals surface area contributed by atoms with Crippen LogP contribution in [0.1, 0.15) is 25.6 Å². The third-order valence-corrected chi connectivity index (χ3v) is 3.45. The number of ether oxygens (including phenoxy) is 1. The molecular formula is C10H19N3O3S. The molecule has 2 N–H and O–H groups in total. The molecule has 1 aromatic heterocycles. The number of aryl methyl sites for hydroxylation is 1. The molecule has 1 rings (SSSR count). The van der Waals surface area contributed by atoms with E-state index >= 15 is 0 Å². The summed E-state index contributed by atoms with van der Waals surface area (Å²) in [6, 6.07) is 0. The minimum Gasteiger partial charge on any atom is -0.381 e. The first-order chi connectivity index (χ1) is 8.06. The first-order valence-corrected chi connectivity index (χ1v) is 7.13. The molecule has 0 amide bonds. The highest BCUT2D eigenvalue weighted by Crippen LogP contribution is 2.04. The van der Waals surface area contributed by atoms with E-state index in [0.717, 1.165) is 6.42 Å². The Morgan fingerprint density at radius 1 is 1.47 bits per heavy atom. The fourth-order valence-electron chi connectivity index (χ4n) is 1.24. The maximum Gasteiger partial charge on any atom is 0.257 e. The summed E-state index contributed by atoms with van der Waals surface area (Å²) in [5.41, 5.74) is 0. The summed E-state index contributed by atoms with van der Waals surface area (Å²) in [6.45, 7) is 5.38. The highest BCUT2D eigenvalue weighted by atomic mass is 32.2. The lowest BCUT2D eigenvalue weighted by Crippen LogP contribution is -2.26. The van der Waals surface area contributed by atoms with Crippen molar-refractivity contribution in [1.82, 2.24) is 14.7 Å². The Balaban J connectivity index is 2.31. The number of H-pyrrole nitrogens is 1. The Morgan fingerprint density at radius 3 is 2.82 bits per heavy atom. The molecule has 17 heavy (non-hydrogen) atoms. The van der Waals surface area contributed by atoms with Gasteiger partial charge in [-0.15, -0.1) is 0 Å². The molecule has 0 atom stereocenters. The minimum atomic E-state index is -3.46. The van der Waals surface area contributed by atoms with Crippen molar-refractivity contribution in [3.63, 3.8) is 0 Å². The molecule has 7 heteroatoms. The second-order valence-electron chi connectivity index (χ2n) is 3.70. The number of aromatic nitrogens is 2. The zero-order valence-corrected chi connectivity index (χ0v) is 11.0. The van der Waals surface area contributed by atoms with E-state index in [1.165, 1.54) is 6.20 Å². The molecule has 0 saturated carbocycles. The number of hydrogen-bond donors (Lipinski definition) is 2. The van der Waals surface area contributed by atoms with Gasteiger partial charge in [-0.05, 0) is 19.8 Å². The van der Waals surface area contributed by atoms with E-state index in [-0.39, 0.29) is 5.03 Å². The quantitative estimate of drug-likeness (QED) is 0.678. The molecule has 0 aliphatic carbocycles. The second-order valence-corrected chi connectivity index (χ2v) is 5.43. The van der Waals surface area contributed by atoms with Crippen molar-refractivity contribution in [3.05, 3.63) is 12.0 Å². The van der Waals surface area contributed by atoms with Gasteiger partial charge in [0.2, 0.25) is 0 Å². The van der Waals surface area contributed by atoms with Gasteiger partial charge in [0.15, 0.2) is 5.03 Å². The first kappa shape index (κ1) is 14.1. The molecule has 0 bridgehead atoms. The third kappa shape index (κ3) is 4.84. The largest absolute Gasteiger partial charge is 0.381 e. The normalized spacial score (nSPS) is 11.9. The smallest absolute Gasteiger partial charge is 0.257 e. The van der Waals surface area contributed by atoms with E-state index in [9.17, 15) is 8.42 Å². The van der Waals surface area contributed by atoms with Gasteiger partial charge >= 0.3 is 0 Å². The van der Waals surface area contributed by atoms with Crippen LogP contribution in [0.4, 0.5) is 0 Å². The highest BCUT2D eigenvalue weighted by Gasteiger charge is 2.15. The maximum absolute atomic E-state index is 11.7. The predicted molar refractivity (Wildman–Crippen MR) is 64.2 cm³/mol. The van der Waals surface area contributed by atoms with Gasteiger partial charge < -0.3 is 9.72 Å². The van der Waals surface area contributed by atoms with Gasteiger partial charge in [-0.3, -0.25) is 0 Å². The number of aromatic amines is 1. The highest BCUT2D eigenvalue weighted by molar-refractivity contribution is 7.89. The van der Waals surface area contributed by atoms with Gasteiger partial charge in [0.25, 0.3) is 10.0 Å². The van der Waals surface area contributed by atoms with Crippen LogP contribution in [0.5, 0.6) is 0 Å². The number of sulfonamides is 1. The second kappa shape index (κ2) is 6.73. The minimum absolute atomic E-state index is 0.101. The van der Waals surface area contributed by atoms with Crippen molar-refractivity contribution < 1.29 is 13.2 Å². The van der Waals surface area contributed by atoms with E-state index in [0.29, 0.717) is 32.0 Å². The van der Waals surface area contributed by atoms with E-state index in [4.69, 9.17) is 4.74 Å². The van der Waals surface area contributed by atoms with Gasteiger partial charge in [0.05, 0.1) is 6.20 Å². The van der Waals surface area contributed by atoms with Crippen LogP contribution in [0, 0.1) is 6.92 Å². The zero-order chi connectivity index (χ0) is 12.7. The molecule has 0 spiro atoms. The summed E-state index contributed by atoms with van der Waals surface area (Å²) in [7, 11) is -3.46. The van der Waals surface area contributed by atoms with Crippen LogP contribution in [0.3, 0.4) is 0 Å². The number of nitrogens with one attached hydrogen (secondary N) is 2. The van der Waals surface area contributed by atoms with Gasteiger partial charge in [-0.25, -0.2) is 18.1 Å². The zero-order valence-electron chi connectivity index (χ0n) is 10.2. The molecule has 98 valence electrons. The van der Waals surface area contributed by atoms with E-state index in [2.05, 4.69) is 14.7 Å². The third-order valence-electron chi connectivity index (χ3n) is 2.08. The SMILES string of the molecule is CCCOCCCNS(=O)(=O)c1cnc(C)[nH]1. The number of nitrogens with zero attached hydrogens (tertiary/aromatic N) is 1. The van der Waals surface area contributed by atoms with Crippen LogP contribution in [0.15, 0.2) is 11.2 Å². The molecule has 0 fully saturated rings. The summed E-state index contributed by atoms with van der Waals surface area (Å²) in [6.07, 6.45) is 2.94. The average molecular weight is 261 g/mol. The Labute approximate surface area is 102 Å². The molecule has 0 unspecified atom stereocenters. The topological polar surface area (TPSA) is 84.1 Å². The number of imidazole rings is 1. The maximum atomic E-state index is 11.7. The van der Waals surface area contributed by atoms with Crippen molar-refractivity contribution in [2.45, 2.75) is 31.7 Å². The lowest BCUT2D eigenvalue weighted by Gasteiger charge is -2.05. The summed E-state index contributed by atoms with van der Waals surface area (Å²) in [4.78, 5) is 6.54. The van der Waals surface area contributed by atoms with Crippen molar-refractivity contribution in [2.75, 3.05) is 19.8 Å². The van der Waals surface area contributed by atoms with Crippen LogP contribution >= 0.6 is 0 Å². The molecule has 0 radical (unpaired) electrons. The molecule has 1 aromatic rings. The number of hydrogen-bond acceptors (Lipinski definition) is 4. The van der Waals surface area contributed by atoms with E-state index < -0.39 is 10.0 Å².